The lowest BCUT2D eigenvalue weighted by Gasteiger charge is -2.26. The average molecular weight is 245 g/mol. The molecule has 1 saturated heterocycles. The Balaban J connectivity index is 2.18. The van der Waals surface area contributed by atoms with Gasteiger partial charge < -0.3 is 14.2 Å². The predicted octanol–water partition coefficient (Wildman–Crippen LogP) is 0.791. The number of hydrogen-bond acceptors (Lipinski definition) is 3. The maximum Gasteiger partial charge on any atom is 0.264 e. The summed E-state index contributed by atoms with van der Waals surface area (Å²) in [7, 11) is 1.88. The average Bonchev–Trinajstić information content (AvgIpc) is 2.81. The number of nitrogens with zero attached hydrogens (tertiary/aromatic N) is 3. The number of amides is 1. The van der Waals surface area contributed by atoms with E-state index in [9.17, 15) is 4.79 Å². The Morgan fingerprint density at radius 1 is 1.50 bits per heavy atom. The van der Waals surface area contributed by atoms with Crippen LogP contribution >= 0.6 is 0 Å². The van der Waals surface area contributed by atoms with E-state index >= 15 is 0 Å². The number of nitriles is 1. The van der Waals surface area contributed by atoms with Gasteiger partial charge in [0.15, 0.2) is 0 Å². The molecule has 1 amide bonds. The Morgan fingerprint density at radius 2 is 2.22 bits per heavy atom. The summed E-state index contributed by atoms with van der Waals surface area (Å²) in [5.41, 5.74) is 1.01. The van der Waals surface area contributed by atoms with Crippen LogP contribution in [-0.4, -0.2) is 41.7 Å². The number of ether oxygens (including phenoxy) is 1. The summed E-state index contributed by atoms with van der Waals surface area (Å²) in [5.74, 6) is -0.220. The zero-order valence-corrected chi connectivity index (χ0v) is 10.3. The molecule has 0 atom stereocenters. The quantitative estimate of drug-likeness (QED) is 0.572. The Labute approximate surface area is 106 Å². The highest BCUT2D eigenvalue weighted by Crippen LogP contribution is 2.10. The Morgan fingerprint density at radius 3 is 2.78 bits per heavy atom. The van der Waals surface area contributed by atoms with E-state index in [1.54, 1.807) is 11.0 Å². The molecule has 2 rings (SSSR count). The van der Waals surface area contributed by atoms with Gasteiger partial charge in [-0.1, -0.05) is 0 Å². The van der Waals surface area contributed by atoms with Crippen LogP contribution in [0.2, 0.25) is 0 Å². The van der Waals surface area contributed by atoms with Gasteiger partial charge in [0.05, 0.1) is 13.2 Å². The SMILES string of the molecule is Cn1cccc1/C=C(/C#N)C(=O)N1CCOCC1. The van der Waals surface area contributed by atoms with Crippen molar-refractivity contribution >= 4 is 12.0 Å². The van der Waals surface area contributed by atoms with Crippen molar-refractivity contribution in [1.29, 1.82) is 5.26 Å². The lowest BCUT2D eigenvalue weighted by molar-refractivity contribution is -0.130. The summed E-state index contributed by atoms with van der Waals surface area (Å²) in [5, 5.41) is 9.11. The number of carbonyl (C=O) groups excluding carboxylic acids is 1. The predicted molar refractivity (Wildman–Crippen MR) is 66.4 cm³/mol. The van der Waals surface area contributed by atoms with E-state index in [2.05, 4.69) is 0 Å². The summed E-state index contributed by atoms with van der Waals surface area (Å²) in [4.78, 5) is 13.8. The number of carbonyl (C=O) groups is 1. The second-order valence-electron chi connectivity index (χ2n) is 4.12. The minimum atomic E-state index is -0.220. The minimum absolute atomic E-state index is 0.165. The molecule has 0 unspecified atom stereocenters. The number of aromatic nitrogens is 1. The van der Waals surface area contributed by atoms with Crippen molar-refractivity contribution in [2.45, 2.75) is 0 Å². The van der Waals surface area contributed by atoms with Crippen LogP contribution in [0.15, 0.2) is 23.9 Å². The van der Waals surface area contributed by atoms with E-state index in [1.165, 1.54) is 0 Å². The molecule has 1 aliphatic rings. The minimum Gasteiger partial charge on any atom is -0.378 e. The van der Waals surface area contributed by atoms with Gasteiger partial charge in [-0.25, -0.2) is 0 Å². The standard InChI is InChI=1S/C13H15N3O2/c1-15-4-2-3-12(15)9-11(10-14)13(17)16-5-7-18-8-6-16/h2-4,9H,5-8H2,1H3/b11-9-. The maximum absolute atomic E-state index is 12.1. The van der Waals surface area contributed by atoms with Crippen LogP contribution in [0, 0.1) is 11.3 Å². The Bertz CT molecular complexity index is 505. The van der Waals surface area contributed by atoms with E-state index in [4.69, 9.17) is 10.00 Å². The van der Waals surface area contributed by atoms with Crippen LogP contribution in [0.5, 0.6) is 0 Å². The fourth-order valence-electron chi connectivity index (χ4n) is 1.85. The van der Waals surface area contributed by atoms with Crippen molar-refractivity contribution in [2.24, 2.45) is 7.05 Å². The molecule has 0 aliphatic carbocycles. The molecular formula is C13H15N3O2. The Hall–Kier alpha value is -2.06. The summed E-state index contributed by atoms with van der Waals surface area (Å²) in [6.45, 7) is 2.17. The van der Waals surface area contributed by atoms with Gasteiger partial charge in [-0.05, 0) is 18.2 Å². The van der Waals surface area contributed by atoms with E-state index in [1.807, 2.05) is 36.0 Å². The van der Waals surface area contributed by atoms with E-state index in [0.717, 1.165) is 5.69 Å². The topological polar surface area (TPSA) is 58.3 Å². The van der Waals surface area contributed by atoms with Crippen molar-refractivity contribution in [3.63, 3.8) is 0 Å². The van der Waals surface area contributed by atoms with Gasteiger partial charge in [-0.2, -0.15) is 5.26 Å². The van der Waals surface area contributed by atoms with Crippen LogP contribution in [0.4, 0.5) is 0 Å². The summed E-state index contributed by atoms with van der Waals surface area (Å²) >= 11 is 0. The monoisotopic (exact) mass is 245 g/mol. The third-order valence-corrected chi connectivity index (χ3v) is 2.93. The molecule has 0 N–H and O–H groups in total. The second kappa shape index (κ2) is 5.52. The first kappa shape index (κ1) is 12.4. The molecule has 1 aromatic rings. The summed E-state index contributed by atoms with van der Waals surface area (Å²) < 4.78 is 7.05. The van der Waals surface area contributed by atoms with E-state index in [-0.39, 0.29) is 11.5 Å². The highest BCUT2D eigenvalue weighted by Gasteiger charge is 2.20. The normalized spacial score (nSPS) is 16.4. The van der Waals surface area contributed by atoms with Crippen LogP contribution in [-0.2, 0) is 16.6 Å². The molecule has 2 heterocycles. The van der Waals surface area contributed by atoms with Crippen molar-refractivity contribution in [2.75, 3.05) is 26.3 Å². The summed E-state index contributed by atoms with van der Waals surface area (Å²) in [6, 6.07) is 5.72. The van der Waals surface area contributed by atoms with Crippen LogP contribution in [0.3, 0.4) is 0 Å². The van der Waals surface area contributed by atoms with Gasteiger partial charge in [0, 0.05) is 32.0 Å². The van der Waals surface area contributed by atoms with Crippen LogP contribution < -0.4 is 0 Å². The van der Waals surface area contributed by atoms with Crippen LogP contribution in [0.25, 0.3) is 6.08 Å². The molecule has 0 aromatic carbocycles. The van der Waals surface area contributed by atoms with Crippen molar-refractivity contribution < 1.29 is 9.53 Å². The van der Waals surface area contributed by atoms with Gasteiger partial charge >= 0.3 is 0 Å². The van der Waals surface area contributed by atoms with E-state index in [0.29, 0.717) is 26.3 Å². The number of rotatable bonds is 2. The smallest absolute Gasteiger partial charge is 0.264 e. The lowest BCUT2D eigenvalue weighted by Crippen LogP contribution is -2.41. The molecule has 5 nitrogen and oxygen atoms in total. The first-order chi connectivity index (χ1) is 8.72. The largest absolute Gasteiger partial charge is 0.378 e. The van der Waals surface area contributed by atoms with Gasteiger partial charge in [-0.3, -0.25) is 4.79 Å². The molecular weight excluding hydrogens is 230 g/mol. The van der Waals surface area contributed by atoms with Gasteiger partial charge in [0.2, 0.25) is 0 Å². The fraction of sp³-hybridized carbons (Fsp3) is 0.385. The molecule has 1 aliphatic heterocycles. The van der Waals surface area contributed by atoms with Gasteiger partial charge in [0.1, 0.15) is 11.6 Å². The molecule has 0 saturated carbocycles. The van der Waals surface area contributed by atoms with Crippen LogP contribution in [0.1, 0.15) is 5.69 Å². The third kappa shape index (κ3) is 2.60. The zero-order chi connectivity index (χ0) is 13.0. The second-order valence-corrected chi connectivity index (χ2v) is 4.12. The number of aryl methyl sites for hydroxylation is 1. The van der Waals surface area contributed by atoms with Gasteiger partial charge in [-0.15, -0.1) is 0 Å². The lowest BCUT2D eigenvalue weighted by atomic mass is 10.2. The Kier molecular flexibility index (Phi) is 3.80. The summed E-state index contributed by atoms with van der Waals surface area (Å²) in [6.07, 6.45) is 3.50. The van der Waals surface area contributed by atoms with Gasteiger partial charge in [0.25, 0.3) is 5.91 Å². The third-order valence-electron chi connectivity index (χ3n) is 2.93. The zero-order valence-electron chi connectivity index (χ0n) is 10.3. The first-order valence-electron chi connectivity index (χ1n) is 5.82. The highest BCUT2D eigenvalue weighted by molar-refractivity contribution is 6.01. The molecule has 18 heavy (non-hydrogen) atoms. The van der Waals surface area contributed by atoms with E-state index < -0.39 is 0 Å². The first-order valence-corrected chi connectivity index (χ1v) is 5.82. The number of morpholine rings is 1. The molecule has 0 bridgehead atoms. The molecule has 5 heteroatoms. The fourth-order valence-corrected chi connectivity index (χ4v) is 1.85. The highest BCUT2D eigenvalue weighted by atomic mass is 16.5. The molecule has 0 spiro atoms. The molecule has 1 aromatic heterocycles. The molecule has 94 valence electrons. The molecule has 0 radical (unpaired) electrons. The van der Waals surface area contributed by atoms with Crippen molar-refractivity contribution in [3.05, 3.63) is 29.6 Å². The van der Waals surface area contributed by atoms with Crippen molar-refractivity contribution in [3.8, 4) is 6.07 Å². The maximum atomic E-state index is 12.1. The van der Waals surface area contributed by atoms with Crippen molar-refractivity contribution in [1.82, 2.24) is 9.47 Å². The number of hydrogen-bond donors (Lipinski definition) is 0. The molecule has 1 fully saturated rings.